The van der Waals surface area contributed by atoms with Gasteiger partial charge in [-0.1, -0.05) is 12.1 Å². The molecule has 1 fully saturated rings. The third-order valence-electron chi connectivity index (χ3n) is 3.35. The maximum absolute atomic E-state index is 5.36. The van der Waals surface area contributed by atoms with Crippen LogP contribution in [0.5, 0.6) is 0 Å². The Balaban J connectivity index is 1.71. The summed E-state index contributed by atoms with van der Waals surface area (Å²) in [4.78, 5) is 2.42. The predicted molar refractivity (Wildman–Crippen MR) is 69.3 cm³/mol. The Bertz CT molecular complexity index is 354. The average Bonchev–Trinajstić information content (AvgIpc) is 3.03. The summed E-state index contributed by atoms with van der Waals surface area (Å²) >= 11 is 0. The molecule has 2 heterocycles. The van der Waals surface area contributed by atoms with Crippen molar-refractivity contribution in [2.45, 2.75) is 32.5 Å². The minimum Gasteiger partial charge on any atom is -0.380 e. The molecule has 2 rings (SSSR count). The van der Waals surface area contributed by atoms with E-state index in [4.69, 9.17) is 4.74 Å². The molecule has 0 radical (unpaired) electrons. The lowest BCUT2D eigenvalue weighted by Gasteiger charge is -2.14. The van der Waals surface area contributed by atoms with Gasteiger partial charge in [-0.3, -0.25) is 9.58 Å². The van der Waals surface area contributed by atoms with Crippen LogP contribution in [-0.2, 0) is 17.8 Å². The number of likely N-dealkylation sites (tertiary alicyclic amines) is 1. The lowest BCUT2D eigenvalue weighted by molar-refractivity contribution is 0.107. The highest BCUT2D eigenvalue weighted by Gasteiger charge is 2.21. The summed E-state index contributed by atoms with van der Waals surface area (Å²) in [5.74, 6) is 0. The fourth-order valence-corrected chi connectivity index (χ4v) is 2.22. The van der Waals surface area contributed by atoms with Crippen LogP contribution in [0.15, 0.2) is 6.20 Å². The normalized spacial score (nSPS) is 20.7. The van der Waals surface area contributed by atoms with Crippen LogP contribution in [-0.4, -0.2) is 59.3 Å². The summed E-state index contributed by atoms with van der Waals surface area (Å²) in [7, 11) is 1.79. The standard InChI is InChI=1S/C12H23N5O/c1-3-13-8-11-9-17(15-14-11)7-6-16-5-4-12(10-16)18-2/h9,12-13H,3-8,10H2,1-2H3. The number of methoxy groups -OCH3 is 1. The molecular formula is C12H23N5O. The van der Waals surface area contributed by atoms with Gasteiger partial charge in [0, 0.05) is 39.5 Å². The fraction of sp³-hybridized carbons (Fsp3) is 0.833. The van der Waals surface area contributed by atoms with Crippen LogP contribution in [0.2, 0.25) is 0 Å². The van der Waals surface area contributed by atoms with Gasteiger partial charge in [0.25, 0.3) is 0 Å². The molecule has 6 heteroatoms. The third kappa shape index (κ3) is 3.76. The molecule has 1 aromatic rings. The zero-order valence-corrected chi connectivity index (χ0v) is 11.3. The van der Waals surface area contributed by atoms with E-state index in [0.717, 1.165) is 51.4 Å². The van der Waals surface area contributed by atoms with Crippen LogP contribution in [0.1, 0.15) is 19.0 Å². The molecule has 0 aliphatic carbocycles. The van der Waals surface area contributed by atoms with Gasteiger partial charge in [0.15, 0.2) is 0 Å². The van der Waals surface area contributed by atoms with E-state index < -0.39 is 0 Å². The third-order valence-corrected chi connectivity index (χ3v) is 3.35. The highest BCUT2D eigenvalue weighted by atomic mass is 16.5. The van der Waals surface area contributed by atoms with E-state index in [1.165, 1.54) is 0 Å². The molecule has 0 saturated carbocycles. The zero-order valence-electron chi connectivity index (χ0n) is 11.3. The summed E-state index contributed by atoms with van der Waals surface area (Å²) in [5.41, 5.74) is 1.01. The van der Waals surface area contributed by atoms with E-state index in [1.807, 2.05) is 10.9 Å². The van der Waals surface area contributed by atoms with Crippen molar-refractivity contribution < 1.29 is 4.74 Å². The monoisotopic (exact) mass is 253 g/mol. The van der Waals surface area contributed by atoms with Gasteiger partial charge >= 0.3 is 0 Å². The topological polar surface area (TPSA) is 55.2 Å². The van der Waals surface area contributed by atoms with Crippen molar-refractivity contribution in [3.8, 4) is 0 Å². The van der Waals surface area contributed by atoms with E-state index in [9.17, 15) is 0 Å². The van der Waals surface area contributed by atoms with Crippen molar-refractivity contribution >= 4 is 0 Å². The summed E-state index contributed by atoms with van der Waals surface area (Å²) < 4.78 is 7.28. The van der Waals surface area contributed by atoms with Crippen molar-refractivity contribution in [3.63, 3.8) is 0 Å². The van der Waals surface area contributed by atoms with Crippen LogP contribution in [0.4, 0.5) is 0 Å². The molecule has 0 spiro atoms. The number of hydrogen-bond donors (Lipinski definition) is 1. The Morgan fingerprint density at radius 3 is 3.11 bits per heavy atom. The molecule has 0 bridgehead atoms. The maximum atomic E-state index is 5.36. The molecule has 1 aliphatic heterocycles. The van der Waals surface area contributed by atoms with Crippen molar-refractivity contribution in [2.24, 2.45) is 0 Å². The minimum absolute atomic E-state index is 0.407. The van der Waals surface area contributed by atoms with Crippen LogP contribution >= 0.6 is 0 Å². The quantitative estimate of drug-likeness (QED) is 0.747. The molecule has 6 nitrogen and oxygen atoms in total. The summed E-state index contributed by atoms with van der Waals surface area (Å²) in [5, 5.41) is 11.5. The molecule has 1 atom stereocenters. The lowest BCUT2D eigenvalue weighted by atomic mass is 10.3. The van der Waals surface area contributed by atoms with E-state index in [-0.39, 0.29) is 0 Å². The minimum atomic E-state index is 0.407. The highest BCUT2D eigenvalue weighted by Crippen LogP contribution is 2.11. The number of nitrogens with zero attached hydrogens (tertiary/aromatic N) is 4. The van der Waals surface area contributed by atoms with E-state index in [0.29, 0.717) is 6.10 Å². The number of hydrogen-bond acceptors (Lipinski definition) is 5. The molecule has 1 N–H and O–H groups in total. The number of ether oxygens (including phenoxy) is 1. The molecule has 0 amide bonds. The SMILES string of the molecule is CCNCc1cn(CCN2CCC(OC)C2)nn1. The summed E-state index contributed by atoms with van der Waals surface area (Å²) in [6.45, 7) is 7.92. The molecule has 18 heavy (non-hydrogen) atoms. The molecule has 102 valence electrons. The highest BCUT2D eigenvalue weighted by molar-refractivity contribution is 4.91. The van der Waals surface area contributed by atoms with Crippen LogP contribution in [0, 0.1) is 0 Å². The summed E-state index contributed by atoms with van der Waals surface area (Å²) in [6, 6.07) is 0. The second kappa shape index (κ2) is 6.82. The second-order valence-electron chi connectivity index (χ2n) is 4.70. The van der Waals surface area contributed by atoms with Gasteiger partial charge in [-0.25, -0.2) is 0 Å². The second-order valence-corrected chi connectivity index (χ2v) is 4.70. The van der Waals surface area contributed by atoms with Crippen molar-refractivity contribution in [1.29, 1.82) is 0 Å². The van der Waals surface area contributed by atoms with Crippen molar-refractivity contribution in [1.82, 2.24) is 25.2 Å². The first-order valence-corrected chi connectivity index (χ1v) is 6.66. The van der Waals surface area contributed by atoms with E-state index in [1.54, 1.807) is 7.11 Å². The van der Waals surface area contributed by atoms with Gasteiger partial charge in [0.05, 0.1) is 18.3 Å². The first-order valence-electron chi connectivity index (χ1n) is 6.66. The predicted octanol–water partition coefficient (Wildman–Crippen LogP) is 0.108. The number of rotatable bonds is 7. The Labute approximate surface area is 108 Å². The van der Waals surface area contributed by atoms with Crippen LogP contribution < -0.4 is 5.32 Å². The molecule has 0 aromatic carbocycles. The average molecular weight is 253 g/mol. The Morgan fingerprint density at radius 1 is 1.50 bits per heavy atom. The van der Waals surface area contributed by atoms with Gasteiger partial charge in [-0.2, -0.15) is 0 Å². The zero-order chi connectivity index (χ0) is 12.8. The number of nitrogens with one attached hydrogen (secondary N) is 1. The van der Waals surface area contributed by atoms with Gasteiger partial charge in [-0.15, -0.1) is 5.10 Å². The maximum Gasteiger partial charge on any atom is 0.0964 e. The molecule has 1 aliphatic rings. The Kier molecular flexibility index (Phi) is 5.10. The Hall–Kier alpha value is -0.980. The molecule has 1 unspecified atom stereocenters. The first kappa shape index (κ1) is 13.5. The Morgan fingerprint density at radius 2 is 2.39 bits per heavy atom. The largest absolute Gasteiger partial charge is 0.380 e. The van der Waals surface area contributed by atoms with Crippen LogP contribution in [0.3, 0.4) is 0 Å². The van der Waals surface area contributed by atoms with E-state index >= 15 is 0 Å². The van der Waals surface area contributed by atoms with Gasteiger partial charge in [0.1, 0.15) is 0 Å². The van der Waals surface area contributed by atoms with E-state index in [2.05, 4.69) is 27.5 Å². The number of aromatic nitrogens is 3. The summed E-state index contributed by atoms with van der Waals surface area (Å²) in [6.07, 6.45) is 3.57. The lowest BCUT2D eigenvalue weighted by Crippen LogP contribution is -2.26. The van der Waals surface area contributed by atoms with Crippen molar-refractivity contribution in [2.75, 3.05) is 33.3 Å². The fourth-order valence-electron chi connectivity index (χ4n) is 2.22. The smallest absolute Gasteiger partial charge is 0.0964 e. The first-order chi connectivity index (χ1) is 8.81. The van der Waals surface area contributed by atoms with Gasteiger partial charge in [-0.05, 0) is 13.0 Å². The van der Waals surface area contributed by atoms with Gasteiger partial charge < -0.3 is 10.1 Å². The molecule has 1 aromatic heterocycles. The van der Waals surface area contributed by atoms with Crippen molar-refractivity contribution in [3.05, 3.63) is 11.9 Å². The molecular weight excluding hydrogens is 230 g/mol. The molecule has 1 saturated heterocycles. The van der Waals surface area contributed by atoms with Crippen LogP contribution in [0.25, 0.3) is 0 Å². The van der Waals surface area contributed by atoms with Gasteiger partial charge in [0.2, 0.25) is 0 Å².